The quantitative estimate of drug-likeness (QED) is 0.120. The molecule has 0 N–H and O–H groups in total. The summed E-state index contributed by atoms with van der Waals surface area (Å²) >= 11 is 6.84. The number of methoxy groups -OCH3 is 2. The number of allylic oxidation sites excluding steroid dienone is 2. The van der Waals surface area contributed by atoms with Gasteiger partial charge >= 0.3 is 6.09 Å². The average Bonchev–Trinajstić information content (AvgIpc) is 3.70. The van der Waals surface area contributed by atoms with E-state index in [1.54, 1.807) is 25.5 Å². The predicted molar refractivity (Wildman–Crippen MR) is 207 cm³/mol. The lowest BCUT2D eigenvalue weighted by atomic mass is 9.95. The van der Waals surface area contributed by atoms with Crippen molar-refractivity contribution in [2.45, 2.75) is 107 Å². The number of hydrogen-bond donors (Lipinski definition) is 0. The summed E-state index contributed by atoms with van der Waals surface area (Å²) in [6.07, 6.45) is 9.13. The number of rotatable bonds is 13. The number of nitrogens with zero attached hydrogens (tertiary/aromatic N) is 6. The Labute approximate surface area is 323 Å². The van der Waals surface area contributed by atoms with Gasteiger partial charge in [-0.1, -0.05) is 11.6 Å². The third-order valence-corrected chi connectivity index (χ3v) is 11.8. The Morgan fingerprint density at radius 1 is 1.09 bits per heavy atom. The van der Waals surface area contributed by atoms with Crippen LogP contribution in [0, 0.1) is 0 Å². The first-order valence-corrected chi connectivity index (χ1v) is 19.6. The fourth-order valence-corrected chi connectivity index (χ4v) is 9.50. The fraction of sp³-hybridized carbons (Fsp3) is 0.650. The number of aliphatic imine (C=N–C) groups is 3. The lowest BCUT2D eigenvalue weighted by molar-refractivity contribution is -0.000503. The van der Waals surface area contributed by atoms with Gasteiger partial charge in [-0.15, -0.1) is 0 Å². The van der Waals surface area contributed by atoms with Crippen LogP contribution in [-0.2, 0) is 18.9 Å². The molecule has 4 atom stereocenters. The SMILES string of the molecule is C=N/C(=C1/C=NC(c2cc(OCOC)cc(Cl)c2C2CC2)=C(F)/C1=N/COC[C@]12CCCN1[C@H](COC)CC2)N1CC2CCC(C1)N2C(=O)OC(C)(C)C. The van der Waals surface area contributed by atoms with Crippen molar-refractivity contribution in [2.75, 3.05) is 60.6 Å². The Bertz CT molecular complexity index is 1720. The number of hydrogen-bond acceptors (Lipinski definition) is 11. The highest BCUT2D eigenvalue weighted by molar-refractivity contribution is 6.32. The van der Waals surface area contributed by atoms with E-state index < -0.39 is 11.4 Å². The fourth-order valence-electron chi connectivity index (χ4n) is 9.14. The number of piperazine rings is 1. The Balaban J connectivity index is 1.22. The Morgan fingerprint density at radius 2 is 1.85 bits per heavy atom. The van der Waals surface area contributed by atoms with E-state index in [-0.39, 0.29) is 54.6 Å². The molecule has 4 saturated heterocycles. The predicted octanol–water partition coefficient (Wildman–Crippen LogP) is 6.98. The van der Waals surface area contributed by atoms with Crippen LogP contribution in [0.25, 0.3) is 5.70 Å². The normalized spacial score (nSPS) is 28.6. The number of halogens is 2. The Kier molecular flexibility index (Phi) is 11.5. The molecule has 0 aromatic heterocycles. The summed E-state index contributed by atoms with van der Waals surface area (Å²) in [5.74, 6) is 0.514. The second-order valence-corrected chi connectivity index (χ2v) is 16.7. The molecule has 12 nitrogen and oxygen atoms in total. The van der Waals surface area contributed by atoms with Crippen molar-refractivity contribution in [3.8, 4) is 5.75 Å². The zero-order chi connectivity index (χ0) is 38.2. The maximum absolute atomic E-state index is 17.3. The molecule has 54 heavy (non-hydrogen) atoms. The van der Waals surface area contributed by atoms with E-state index in [0.29, 0.717) is 60.1 Å². The van der Waals surface area contributed by atoms with E-state index >= 15 is 4.39 Å². The van der Waals surface area contributed by atoms with Crippen LogP contribution in [0.4, 0.5) is 9.18 Å². The van der Waals surface area contributed by atoms with Gasteiger partial charge in [-0.05, 0) is 109 Å². The third-order valence-electron chi connectivity index (χ3n) is 11.5. The number of carbonyl (C=O) groups is 1. The molecule has 2 unspecified atom stereocenters. The highest BCUT2D eigenvalue weighted by atomic mass is 35.5. The van der Waals surface area contributed by atoms with E-state index in [1.807, 2.05) is 25.7 Å². The van der Waals surface area contributed by atoms with Gasteiger partial charge in [0, 0.05) is 55.7 Å². The first kappa shape index (κ1) is 38.9. The summed E-state index contributed by atoms with van der Waals surface area (Å²) in [7, 11) is 3.29. The van der Waals surface area contributed by atoms with Gasteiger partial charge in [0.25, 0.3) is 0 Å². The van der Waals surface area contributed by atoms with E-state index in [1.165, 1.54) is 7.11 Å². The molecule has 0 radical (unpaired) electrons. The smallest absolute Gasteiger partial charge is 0.410 e. The third kappa shape index (κ3) is 7.84. The molecule has 1 aliphatic carbocycles. The summed E-state index contributed by atoms with van der Waals surface area (Å²) in [6.45, 7) is 12.7. The van der Waals surface area contributed by atoms with Crippen LogP contribution in [0.3, 0.4) is 0 Å². The molecule has 14 heteroatoms. The monoisotopic (exact) mass is 768 g/mol. The van der Waals surface area contributed by atoms with Crippen LogP contribution in [0.1, 0.15) is 89.2 Å². The molecule has 294 valence electrons. The lowest BCUT2D eigenvalue weighted by Crippen LogP contribution is -2.56. The van der Waals surface area contributed by atoms with Gasteiger partial charge in [0.2, 0.25) is 0 Å². The zero-order valence-electron chi connectivity index (χ0n) is 32.2. The number of amides is 1. The summed E-state index contributed by atoms with van der Waals surface area (Å²) in [5, 5.41) is 0.496. The molecule has 2 bridgehead atoms. The molecule has 6 aliphatic rings. The van der Waals surface area contributed by atoms with Crippen molar-refractivity contribution in [1.29, 1.82) is 0 Å². The van der Waals surface area contributed by atoms with Gasteiger partial charge in [0.1, 0.15) is 35.3 Å². The van der Waals surface area contributed by atoms with E-state index in [9.17, 15) is 4.79 Å². The molecule has 5 heterocycles. The Hall–Kier alpha value is -3.36. The molecule has 7 rings (SSSR count). The minimum absolute atomic E-state index is 0.0168. The van der Waals surface area contributed by atoms with Crippen LogP contribution < -0.4 is 4.74 Å². The number of benzene rings is 1. The van der Waals surface area contributed by atoms with Gasteiger partial charge in [-0.25, -0.2) is 14.2 Å². The van der Waals surface area contributed by atoms with E-state index in [4.69, 9.17) is 45.3 Å². The first-order chi connectivity index (χ1) is 26.0. The highest BCUT2D eigenvalue weighted by Gasteiger charge is 2.49. The summed E-state index contributed by atoms with van der Waals surface area (Å²) < 4.78 is 45.8. The average molecular weight is 769 g/mol. The van der Waals surface area contributed by atoms with E-state index in [0.717, 1.165) is 63.5 Å². The standard InChI is InChI=1S/C40H54ClFN6O6/c1-39(2,3)54-38(49)48-26-10-11-27(48)20-46(19-26)37(43-4)31-18-44-35(30-16-29(53-24-51-6)17-32(41)33(30)25-8-9-25)34(42)36(31)45-23-52-22-40-13-7-15-47(40)28(12-14-40)21-50-5/h16-18,25-28H,4,7-15,19-24H2,1-3,5-6H3/b37-31+,45-36+/t26?,27?,28-,40+/m0/s1. The molecule has 0 spiro atoms. The van der Waals surface area contributed by atoms with Crippen molar-refractivity contribution in [3.63, 3.8) is 0 Å². The summed E-state index contributed by atoms with van der Waals surface area (Å²) in [5.41, 5.74) is 1.37. The molecule has 5 aliphatic heterocycles. The highest BCUT2D eigenvalue weighted by Crippen LogP contribution is 2.49. The molecule has 1 saturated carbocycles. The van der Waals surface area contributed by atoms with Crippen molar-refractivity contribution >= 4 is 42.0 Å². The molecule has 1 aromatic carbocycles. The van der Waals surface area contributed by atoms with Crippen molar-refractivity contribution < 1.29 is 32.9 Å². The summed E-state index contributed by atoms with van der Waals surface area (Å²) in [4.78, 5) is 33.7. The zero-order valence-corrected chi connectivity index (χ0v) is 33.0. The van der Waals surface area contributed by atoms with Crippen LogP contribution in [0.2, 0.25) is 5.02 Å². The number of likely N-dealkylation sites (tertiary alicyclic amines) is 1. The molecule has 1 amide bonds. The summed E-state index contributed by atoms with van der Waals surface area (Å²) in [6, 6.07) is 3.72. The number of fused-ring (bicyclic) bond motifs is 3. The maximum atomic E-state index is 17.3. The van der Waals surface area contributed by atoms with Crippen molar-refractivity contribution in [2.24, 2.45) is 15.0 Å². The second kappa shape index (κ2) is 16.0. The van der Waals surface area contributed by atoms with Gasteiger partial charge in [0.15, 0.2) is 12.6 Å². The molecular formula is C40H54ClFN6O6. The number of carbonyl (C=O) groups excluding carboxylic acids is 1. The van der Waals surface area contributed by atoms with Gasteiger partial charge in [-0.2, -0.15) is 0 Å². The largest absolute Gasteiger partial charge is 0.467 e. The van der Waals surface area contributed by atoms with Crippen LogP contribution in [0.5, 0.6) is 5.75 Å². The van der Waals surface area contributed by atoms with Crippen LogP contribution in [0.15, 0.2) is 44.3 Å². The topological polar surface area (TPSA) is 110 Å². The van der Waals surface area contributed by atoms with Crippen molar-refractivity contribution in [1.82, 2.24) is 14.7 Å². The lowest BCUT2D eigenvalue weighted by Gasteiger charge is -2.42. The van der Waals surface area contributed by atoms with Gasteiger partial charge in [-0.3, -0.25) is 19.8 Å². The molecule has 1 aromatic rings. The second-order valence-electron chi connectivity index (χ2n) is 16.3. The number of ether oxygens (including phenoxy) is 5. The van der Waals surface area contributed by atoms with Crippen LogP contribution in [-0.4, -0.2) is 129 Å². The molecule has 5 fully saturated rings. The van der Waals surface area contributed by atoms with Gasteiger partial charge in [0.05, 0.1) is 30.9 Å². The maximum Gasteiger partial charge on any atom is 0.410 e. The Morgan fingerprint density at radius 3 is 2.52 bits per heavy atom. The van der Waals surface area contributed by atoms with Gasteiger partial charge < -0.3 is 28.6 Å². The molecular weight excluding hydrogens is 715 g/mol. The van der Waals surface area contributed by atoms with Crippen molar-refractivity contribution in [3.05, 3.63) is 45.5 Å². The van der Waals surface area contributed by atoms with E-state index in [2.05, 4.69) is 21.5 Å². The minimum atomic E-state index is -0.602. The van der Waals surface area contributed by atoms with Crippen LogP contribution >= 0.6 is 11.6 Å². The first-order valence-electron chi connectivity index (χ1n) is 19.2. The minimum Gasteiger partial charge on any atom is -0.467 e.